The van der Waals surface area contributed by atoms with E-state index in [1.54, 1.807) is 13.8 Å². The Morgan fingerprint density at radius 1 is 1.03 bits per heavy atom. The maximum atomic E-state index is 12.7. The number of ether oxygens (including phenoxy) is 2. The van der Waals surface area contributed by atoms with Crippen LogP contribution in [0, 0.1) is 13.8 Å². The molecule has 12 nitrogen and oxygen atoms in total. The fraction of sp³-hybridized carbons (Fsp3) is 0.300. The van der Waals surface area contributed by atoms with Crippen LogP contribution in [0.3, 0.4) is 0 Å². The minimum Gasteiger partial charge on any atom is -0.462 e. The topological polar surface area (TPSA) is 166 Å². The van der Waals surface area contributed by atoms with Gasteiger partial charge in [0.25, 0.3) is 5.56 Å². The zero-order chi connectivity index (χ0) is 23.2. The number of anilines is 1. The lowest BCUT2D eigenvalue weighted by atomic mass is 10.2. The number of esters is 2. The molecule has 0 unspecified atom stereocenters. The minimum absolute atomic E-state index is 0.0223. The van der Waals surface area contributed by atoms with Crippen LogP contribution in [0.15, 0.2) is 20.0 Å². The number of carbonyl (C=O) groups excluding carboxylic acids is 2. The molecule has 0 radical (unpaired) electrons. The molecule has 32 heavy (non-hydrogen) atoms. The maximum Gasteiger partial charge on any atom is 0.343 e. The standard InChI is InChI=1S/C20H19N5O7/c1-5-29-19(27)11-8(2)32-17-13(11)15(21)23-10(24-17)6-30-20(28)12-9(3)31-16-14(12)18(26)25(4)7-22-16/h7H,5-6H2,1-4H3,(H2,21,23,24). The molecule has 0 bridgehead atoms. The smallest absolute Gasteiger partial charge is 0.343 e. The summed E-state index contributed by atoms with van der Waals surface area (Å²) in [5.74, 6) is -0.921. The van der Waals surface area contributed by atoms with Crippen LogP contribution < -0.4 is 11.3 Å². The molecule has 166 valence electrons. The number of furan rings is 2. The number of fused-ring (bicyclic) bond motifs is 2. The predicted molar refractivity (Wildman–Crippen MR) is 110 cm³/mol. The molecule has 0 atom stereocenters. The monoisotopic (exact) mass is 441 g/mol. The van der Waals surface area contributed by atoms with Crippen molar-refractivity contribution in [1.29, 1.82) is 0 Å². The van der Waals surface area contributed by atoms with E-state index in [1.807, 2.05) is 0 Å². The summed E-state index contributed by atoms with van der Waals surface area (Å²) in [6.07, 6.45) is 1.30. The van der Waals surface area contributed by atoms with Crippen molar-refractivity contribution < 1.29 is 27.9 Å². The third kappa shape index (κ3) is 3.35. The van der Waals surface area contributed by atoms with Crippen molar-refractivity contribution in [3.63, 3.8) is 0 Å². The lowest BCUT2D eigenvalue weighted by Gasteiger charge is -2.05. The van der Waals surface area contributed by atoms with Gasteiger partial charge in [-0.15, -0.1) is 0 Å². The molecule has 0 spiro atoms. The molecule has 0 saturated heterocycles. The lowest BCUT2D eigenvalue weighted by molar-refractivity contribution is 0.0461. The highest BCUT2D eigenvalue weighted by atomic mass is 16.5. The van der Waals surface area contributed by atoms with Crippen LogP contribution in [0.1, 0.15) is 45.0 Å². The molecule has 0 aliphatic heterocycles. The molecule has 4 heterocycles. The van der Waals surface area contributed by atoms with Crippen molar-refractivity contribution in [1.82, 2.24) is 19.5 Å². The van der Waals surface area contributed by atoms with Crippen LogP contribution in [-0.4, -0.2) is 38.1 Å². The molecule has 2 N–H and O–H groups in total. The Labute approximate surface area is 180 Å². The van der Waals surface area contributed by atoms with Gasteiger partial charge in [-0.2, -0.15) is 4.98 Å². The van der Waals surface area contributed by atoms with E-state index in [2.05, 4.69) is 15.0 Å². The molecule has 0 aliphatic rings. The second-order valence-electron chi connectivity index (χ2n) is 6.91. The summed E-state index contributed by atoms with van der Waals surface area (Å²) in [6.45, 7) is 4.61. The molecular formula is C20H19N5O7. The average molecular weight is 441 g/mol. The van der Waals surface area contributed by atoms with E-state index in [0.29, 0.717) is 0 Å². The first-order chi connectivity index (χ1) is 15.2. The van der Waals surface area contributed by atoms with Crippen molar-refractivity contribution in [2.45, 2.75) is 27.4 Å². The Bertz CT molecular complexity index is 1450. The van der Waals surface area contributed by atoms with Gasteiger partial charge in [0.2, 0.25) is 11.4 Å². The normalized spacial score (nSPS) is 11.2. The van der Waals surface area contributed by atoms with E-state index in [4.69, 9.17) is 24.0 Å². The molecule has 4 rings (SSSR count). The van der Waals surface area contributed by atoms with E-state index < -0.39 is 17.5 Å². The van der Waals surface area contributed by atoms with Crippen LogP contribution in [-0.2, 0) is 23.1 Å². The molecule has 0 aromatic carbocycles. The van der Waals surface area contributed by atoms with Gasteiger partial charge in [-0.25, -0.2) is 19.6 Å². The van der Waals surface area contributed by atoms with E-state index in [1.165, 1.54) is 24.9 Å². The average Bonchev–Trinajstić information content (AvgIpc) is 3.25. The van der Waals surface area contributed by atoms with E-state index in [0.717, 1.165) is 0 Å². The van der Waals surface area contributed by atoms with E-state index >= 15 is 0 Å². The Kier molecular flexibility index (Phi) is 5.12. The quantitative estimate of drug-likeness (QED) is 0.449. The summed E-state index contributed by atoms with van der Waals surface area (Å²) in [6, 6.07) is 0. The van der Waals surface area contributed by atoms with Crippen LogP contribution in [0.2, 0.25) is 0 Å². The summed E-state index contributed by atoms with van der Waals surface area (Å²) in [5.41, 5.74) is 5.79. The molecule has 4 aromatic rings. The van der Waals surface area contributed by atoms with Crippen molar-refractivity contribution in [3.05, 3.63) is 45.2 Å². The number of carbonyl (C=O) groups is 2. The van der Waals surface area contributed by atoms with Crippen LogP contribution >= 0.6 is 0 Å². The zero-order valence-electron chi connectivity index (χ0n) is 17.7. The van der Waals surface area contributed by atoms with Gasteiger partial charge >= 0.3 is 11.9 Å². The number of hydrogen-bond acceptors (Lipinski definition) is 11. The fourth-order valence-corrected chi connectivity index (χ4v) is 3.33. The highest BCUT2D eigenvalue weighted by molar-refractivity contribution is 6.07. The van der Waals surface area contributed by atoms with Gasteiger partial charge < -0.3 is 28.6 Å². The number of nitrogens with two attached hydrogens (primary N) is 1. The van der Waals surface area contributed by atoms with Gasteiger partial charge in [0.05, 0.1) is 12.0 Å². The molecule has 4 aromatic heterocycles. The predicted octanol–water partition coefficient (Wildman–Crippen LogP) is 1.80. The third-order valence-corrected chi connectivity index (χ3v) is 4.77. The molecule has 0 aliphatic carbocycles. The summed E-state index contributed by atoms with van der Waals surface area (Å²) < 4.78 is 22.5. The first-order valence-corrected chi connectivity index (χ1v) is 9.57. The molecule has 0 fully saturated rings. The second-order valence-corrected chi connectivity index (χ2v) is 6.91. The first-order valence-electron chi connectivity index (χ1n) is 9.57. The lowest BCUT2D eigenvalue weighted by Crippen LogP contribution is -2.19. The van der Waals surface area contributed by atoms with Gasteiger partial charge in [-0.3, -0.25) is 4.79 Å². The van der Waals surface area contributed by atoms with E-state index in [9.17, 15) is 14.4 Å². The zero-order valence-corrected chi connectivity index (χ0v) is 17.7. The fourth-order valence-electron chi connectivity index (χ4n) is 3.33. The Balaban J connectivity index is 1.64. The number of aromatic nitrogens is 4. The summed E-state index contributed by atoms with van der Waals surface area (Å²) >= 11 is 0. The number of nitrogens with zero attached hydrogens (tertiary/aromatic N) is 4. The van der Waals surface area contributed by atoms with Gasteiger partial charge in [0, 0.05) is 7.05 Å². The van der Waals surface area contributed by atoms with Crippen LogP contribution in [0.25, 0.3) is 22.2 Å². The number of rotatable bonds is 5. The molecular weight excluding hydrogens is 422 g/mol. The Morgan fingerprint density at radius 2 is 1.66 bits per heavy atom. The second kappa shape index (κ2) is 7.80. The Morgan fingerprint density at radius 3 is 2.34 bits per heavy atom. The number of aryl methyl sites for hydroxylation is 3. The van der Waals surface area contributed by atoms with Gasteiger partial charge in [0.15, 0.2) is 12.4 Å². The van der Waals surface area contributed by atoms with Crippen molar-refractivity contribution in [3.8, 4) is 0 Å². The maximum absolute atomic E-state index is 12.7. The van der Waals surface area contributed by atoms with Crippen LogP contribution in [0.5, 0.6) is 0 Å². The number of hydrogen-bond donors (Lipinski definition) is 1. The SMILES string of the molecule is CCOC(=O)c1c(C)oc2nc(COC(=O)c3c(C)oc4ncn(C)c(=O)c34)nc(N)c12. The highest BCUT2D eigenvalue weighted by Gasteiger charge is 2.26. The molecule has 0 saturated carbocycles. The first kappa shape index (κ1) is 21.0. The van der Waals surface area contributed by atoms with E-state index in [-0.39, 0.29) is 69.7 Å². The number of nitrogen functional groups attached to an aromatic ring is 1. The highest BCUT2D eigenvalue weighted by Crippen LogP contribution is 2.29. The minimum atomic E-state index is -0.809. The van der Waals surface area contributed by atoms with Crippen LogP contribution in [0.4, 0.5) is 5.82 Å². The van der Waals surface area contributed by atoms with Gasteiger partial charge in [0.1, 0.15) is 40.2 Å². The van der Waals surface area contributed by atoms with Gasteiger partial charge in [-0.1, -0.05) is 0 Å². The molecule has 12 heteroatoms. The molecule has 0 amide bonds. The summed E-state index contributed by atoms with van der Waals surface area (Å²) in [7, 11) is 1.51. The van der Waals surface area contributed by atoms with Crippen molar-refractivity contribution >= 4 is 40.0 Å². The van der Waals surface area contributed by atoms with Gasteiger partial charge in [-0.05, 0) is 20.8 Å². The largest absolute Gasteiger partial charge is 0.462 e. The summed E-state index contributed by atoms with van der Waals surface area (Å²) in [5, 5.41) is 0.247. The van der Waals surface area contributed by atoms with Crippen molar-refractivity contribution in [2.75, 3.05) is 12.3 Å². The van der Waals surface area contributed by atoms with Crippen molar-refractivity contribution in [2.24, 2.45) is 7.05 Å². The summed E-state index contributed by atoms with van der Waals surface area (Å²) in [4.78, 5) is 49.7. The third-order valence-electron chi connectivity index (χ3n) is 4.77. The Hall–Kier alpha value is -4.22.